The van der Waals surface area contributed by atoms with E-state index >= 15 is 0 Å². The summed E-state index contributed by atoms with van der Waals surface area (Å²) in [6.45, 7) is 9.73. The van der Waals surface area contributed by atoms with Gasteiger partial charge < -0.3 is 9.64 Å². The molecule has 8 heteroatoms. The number of piperazine rings is 1. The van der Waals surface area contributed by atoms with Gasteiger partial charge in [0.1, 0.15) is 11.6 Å². The molecule has 0 amide bonds. The molecule has 2 atom stereocenters. The number of hydrogen-bond acceptors (Lipinski definition) is 7. The minimum absolute atomic E-state index is 0.570. The van der Waals surface area contributed by atoms with Gasteiger partial charge in [-0.15, -0.1) is 0 Å². The van der Waals surface area contributed by atoms with Gasteiger partial charge in [-0.2, -0.15) is 5.10 Å². The van der Waals surface area contributed by atoms with Crippen molar-refractivity contribution in [3.8, 4) is 17.1 Å². The van der Waals surface area contributed by atoms with Gasteiger partial charge in [0.25, 0.3) is 0 Å². The number of hydrogen-bond donors (Lipinski definition) is 1. The lowest BCUT2D eigenvalue weighted by atomic mass is 9.86. The van der Waals surface area contributed by atoms with Crippen LogP contribution in [0.2, 0.25) is 0 Å². The van der Waals surface area contributed by atoms with Crippen LogP contribution in [-0.4, -0.2) is 61.8 Å². The van der Waals surface area contributed by atoms with Crippen molar-refractivity contribution in [1.82, 2.24) is 30.0 Å². The first-order valence-corrected chi connectivity index (χ1v) is 13.1. The highest BCUT2D eigenvalue weighted by atomic mass is 16.5. The number of aromatic nitrogens is 5. The van der Waals surface area contributed by atoms with Crippen molar-refractivity contribution >= 4 is 5.82 Å². The summed E-state index contributed by atoms with van der Waals surface area (Å²) in [5.74, 6) is 2.68. The van der Waals surface area contributed by atoms with Gasteiger partial charge >= 0.3 is 0 Å². The van der Waals surface area contributed by atoms with Crippen LogP contribution in [0.4, 0.5) is 5.82 Å². The van der Waals surface area contributed by atoms with Crippen molar-refractivity contribution in [2.75, 3.05) is 24.6 Å². The van der Waals surface area contributed by atoms with E-state index in [-0.39, 0.29) is 0 Å². The topological polar surface area (TPSA) is 83.1 Å². The fraction of sp³-hybridized carbons (Fsp3) is 0.379. The third kappa shape index (κ3) is 5.06. The van der Waals surface area contributed by atoms with Gasteiger partial charge in [0.05, 0.1) is 18.0 Å². The molecule has 3 aliphatic heterocycles. The minimum Gasteiger partial charge on any atom is -0.494 e. The van der Waals surface area contributed by atoms with Crippen molar-refractivity contribution in [2.24, 2.45) is 0 Å². The van der Waals surface area contributed by atoms with Crippen LogP contribution >= 0.6 is 0 Å². The lowest BCUT2D eigenvalue weighted by Crippen LogP contribution is -2.68. The van der Waals surface area contributed by atoms with Crippen LogP contribution in [0.3, 0.4) is 0 Å². The highest BCUT2D eigenvalue weighted by molar-refractivity contribution is 5.57. The van der Waals surface area contributed by atoms with E-state index < -0.39 is 0 Å². The highest BCUT2D eigenvalue weighted by Gasteiger charge is 2.44. The Hall–Kier alpha value is -3.78. The Labute approximate surface area is 217 Å². The Morgan fingerprint density at radius 1 is 0.973 bits per heavy atom. The van der Waals surface area contributed by atoms with Crippen LogP contribution in [0, 0.1) is 13.8 Å². The summed E-state index contributed by atoms with van der Waals surface area (Å²) in [5.41, 5.74) is 6.22. The predicted molar refractivity (Wildman–Crippen MR) is 144 cm³/mol. The second-order valence-electron chi connectivity index (χ2n) is 10.1. The van der Waals surface area contributed by atoms with E-state index in [9.17, 15) is 0 Å². The van der Waals surface area contributed by atoms with E-state index in [0.29, 0.717) is 30.9 Å². The largest absolute Gasteiger partial charge is 0.494 e. The molecule has 2 unspecified atom stereocenters. The zero-order chi connectivity index (χ0) is 25.4. The molecule has 190 valence electrons. The molecule has 3 saturated heterocycles. The molecular weight excluding hydrogens is 462 g/mol. The Balaban J connectivity index is 1.10. The number of nitrogens with zero attached hydrogens (tertiary/aromatic N) is 6. The maximum atomic E-state index is 5.58. The molecule has 1 aromatic carbocycles. The van der Waals surface area contributed by atoms with Crippen LogP contribution in [0.5, 0.6) is 5.75 Å². The first-order valence-electron chi connectivity index (χ1n) is 13.1. The van der Waals surface area contributed by atoms with Gasteiger partial charge in [-0.3, -0.25) is 10.00 Å². The average molecular weight is 496 g/mol. The number of anilines is 1. The third-order valence-electron chi connectivity index (χ3n) is 7.30. The number of ether oxygens (including phenoxy) is 1. The van der Waals surface area contributed by atoms with Crippen molar-refractivity contribution < 1.29 is 4.74 Å². The molecule has 1 N–H and O–H groups in total. The summed E-state index contributed by atoms with van der Waals surface area (Å²) in [4.78, 5) is 19.3. The standard InChI is InChI=1S/C29H33N7O/c1-4-37-27-8-5-21(6-9-27)16-36-25-14-26(36)18-35(17-25)28-10-7-22(15-30-28)29-31-19(2)11-23(32-29)13-24-12-20(3)33-34-24/h5-12,15,25-26H,4,13-14,16-18H2,1-3H3,(H,33,34). The smallest absolute Gasteiger partial charge is 0.161 e. The molecule has 37 heavy (non-hydrogen) atoms. The summed E-state index contributed by atoms with van der Waals surface area (Å²) >= 11 is 0. The second kappa shape index (κ2) is 9.94. The van der Waals surface area contributed by atoms with E-state index in [1.807, 2.05) is 33.0 Å². The quantitative estimate of drug-likeness (QED) is 0.390. The van der Waals surface area contributed by atoms with E-state index in [4.69, 9.17) is 14.7 Å². The number of piperidine rings is 1. The summed E-state index contributed by atoms with van der Waals surface area (Å²) in [6, 6.07) is 17.9. The van der Waals surface area contributed by atoms with Crippen LogP contribution < -0.4 is 9.64 Å². The number of aryl methyl sites for hydroxylation is 2. The van der Waals surface area contributed by atoms with Crippen LogP contribution in [0.15, 0.2) is 54.7 Å². The van der Waals surface area contributed by atoms with Crippen molar-refractivity contribution in [3.05, 3.63) is 83.1 Å². The SMILES string of the molecule is CCOc1ccc(CN2C3CC2CN(c2ccc(-c4nc(C)cc(Cc5cc(C)[nH]n5)n4)cn2)C3)cc1. The van der Waals surface area contributed by atoms with Gasteiger partial charge in [-0.1, -0.05) is 12.1 Å². The molecule has 3 fully saturated rings. The number of pyridine rings is 1. The first kappa shape index (κ1) is 23.6. The summed E-state index contributed by atoms with van der Waals surface area (Å²) in [5, 5.41) is 7.34. The maximum Gasteiger partial charge on any atom is 0.161 e. The van der Waals surface area contributed by atoms with Gasteiger partial charge in [-0.25, -0.2) is 15.0 Å². The predicted octanol–water partition coefficient (Wildman–Crippen LogP) is 4.33. The van der Waals surface area contributed by atoms with Crippen molar-refractivity contribution in [3.63, 3.8) is 0 Å². The molecule has 0 radical (unpaired) electrons. The van der Waals surface area contributed by atoms with E-state index in [0.717, 1.165) is 59.5 Å². The summed E-state index contributed by atoms with van der Waals surface area (Å²) in [6.07, 6.45) is 3.85. The lowest BCUT2D eigenvalue weighted by Gasteiger charge is -2.56. The highest BCUT2D eigenvalue weighted by Crippen LogP contribution is 2.35. The molecule has 0 saturated carbocycles. The Morgan fingerprint density at radius 2 is 1.78 bits per heavy atom. The van der Waals surface area contributed by atoms with Gasteiger partial charge in [0.15, 0.2) is 5.82 Å². The van der Waals surface area contributed by atoms with Crippen LogP contribution in [0.25, 0.3) is 11.4 Å². The number of nitrogens with one attached hydrogen (secondary N) is 1. The van der Waals surface area contributed by atoms with E-state index in [1.54, 1.807) is 0 Å². The number of rotatable bonds is 8. The molecule has 6 heterocycles. The van der Waals surface area contributed by atoms with Crippen LogP contribution in [-0.2, 0) is 13.0 Å². The first-order chi connectivity index (χ1) is 18.0. The second-order valence-corrected chi connectivity index (χ2v) is 10.1. The number of H-pyrrole nitrogens is 1. The fourth-order valence-corrected chi connectivity index (χ4v) is 5.51. The molecule has 0 aliphatic carbocycles. The summed E-state index contributed by atoms with van der Waals surface area (Å²) in [7, 11) is 0. The molecule has 3 aromatic heterocycles. The van der Waals surface area contributed by atoms with Crippen molar-refractivity contribution in [2.45, 2.75) is 52.2 Å². The van der Waals surface area contributed by atoms with Gasteiger partial charge in [-0.05, 0) is 69.2 Å². The zero-order valence-corrected chi connectivity index (χ0v) is 21.7. The molecule has 3 aliphatic rings. The Bertz CT molecular complexity index is 1350. The molecule has 8 nitrogen and oxygen atoms in total. The van der Waals surface area contributed by atoms with E-state index in [2.05, 4.69) is 67.4 Å². The van der Waals surface area contributed by atoms with Gasteiger partial charge in [0.2, 0.25) is 0 Å². The third-order valence-corrected chi connectivity index (χ3v) is 7.30. The number of aromatic amines is 1. The monoisotopic (exact) mass is 495 g/mol. The lowest BCUT2D eigenvalue weighted by molar-refractivity contribution is -0.00868. The number of fused-ring (bicyclic) bond motifs is 2. The number of benzene rings is 1. The van der Waals surface area contributed by atoms with Crippen LogP contribution in [0.1, 0.15) is 41.7 Å². The molecule has 4 aromatic rings. The fourth-order valence-electron chi connectivity index (χ4n) is 5.51. The molecule has 7 rings (SSSR count). The molecule has 0 spiro atoms. The molecule has 2 bridgehead atoms. The van der Waals surface area contributed by atoms with E-state index in [1.165, 1.54) is 12.0 Å². The zero-order valence-electron chi connectivity index (χ0n) is 21.7. The minimum atomic E-state index is 0.570. The maximum absolute atomic E-state index is 5.58. The normalized spacial score (nSPS) is 19.1. The Kier molecular flexibility index (Phi) is 6.34. The van der Waals surface area contributed by atoms with Crippen molar-refractivity contribution in [1.29, 1.82) is 0 Å². The average Bonchev–Trinajstić information content (AvgIpc) is 3.32. The van der Waals surface area contributed by atoms with Gasteiger partial charge in [0, 0.05) is 61.3 Å². The summed E-state index contributed by atoms with van der Waals surface area (Å²) < 4.78 is 5.58. The Morgan fingerprint density at radius 3 is 2.46 bits per heavy atom. The molecular formula is C29H33N7O.